The number of rotatable bonds is 24. The van der Waals surface area contributed by atoms with E-state index in [1.165, 1.54) is 6.33 Å². The summed E-state index contributed by atoms with van der Waals surface area (Å²) in [5, 5.41) is 5.48. The lowest BCUT2D eigenvalue weighted by Gasteiger charge is -2.40. The summed E-state index contributed by atoms with van der Waals surface area (Å²) in [6, 6.07) is 33.9. The van der Waals surface area contributed by atoms with Gasteiger partial charge >= 0.3 is 5.97 Å². The molecular formula is C55H65N7O10Si. The number of nitrogens with one attached hydrogen (secondary N) is 2. The molecule has 1 saturated heterocycles. The fourth-order valence-corrected chi connectivity index (χ4v) is 9.77. The van der Waals surface area contributed by atoms with E-state index >= 15 is 0 Å². The molecule has 0 aliphatic carbocycles. The lowest BCUT2D eigenvalue weighted by molar-refractivity contribution is -0.159. The number of carbonyl (C=O) groups excluding carboxylic acids is 4. The molecule has 17 nitrogen and oxygen atoms in total. The molecule has 4 atom stereocenters. The minimum atomic E-state index is -2.73. The highest BCUT2D eigenvalue weighted by atomic mass is 28.4. The quantitative estimate of drug-likeness (QED) is 0.0145. The number of aliphatic imine (C=N–C) groups is 1. The number of fused-ring (bicyclic) bond motifs is 1. The zero-order chi connectivity index (χ0) is 52.0. The van der Waals surface area contributed by atoms with Gasteiger partial charge in [-0.15, -0.1) is 0 Å². The highest BCUT2D eigenvalue weighted by Gasteiger charge is 2.54. The standard InChI is InChI=1S/C55H65N7O10Si/c1-54(2,3)73(6,7)72-49-48(71-46(65)31-30-45(64)57-33-17-9-8-16-32-56-37-63)44(70-53(49)62-36-60-47-50(58-35-59-51(47)62)61-52(66)38-18-12-10-13-19-38)34-69-55(39-20-14-11-15-21-39,40-22-26-42(67-4)27-23-40)41-24-28-43(68-5)29-25-41/h10-15,18-29,35-36,44,48-49,53H,8-9,16-17,30-34H2,1-7H3,(H,57,64)(H,58,59,61,66)/t44-,48-,49-,53-/m1/s1. The van der Waals surface area contributed by atoms with Crippen molar-refractivity contribution in [2.24, 2.45) is 4.99 Å². The number of unbranched alkanes of at least 4 members (excludes halogenated alkanes) is 3. The van der Waals surface area contributed by atoms with Crippen molar-refractivity contribution < 1.29 is 47.3 Å². The van der Waals surface area contributed by atoms with Crippen molar-refractivity contribution in [2.75, 3.05) is 39.2 Å². The molecule has 2 aromatic heterocycles. The van der Waals surface area contributed by atoms with Crippen LogP contribution in [-0.4, -0.2) is 104 Å². The van der Waals surface area contributed by atoms with Crippen molar-refractivity contribution in [1.29, 1.82) is 0 Å². The van der Waals surface area contributed by atoms with Crippen molar-refractivity contribution in [3.63, 3.8) is 0 Å². The molecule has 384 valence electrons. The number of methoxy groups -OCH3 is 2. The molecule has 2 N–H and O–H groups in total. The van der Waals surface area contributed by atoms with Gasteiger partial charge < -0.3 is 38.7 Å². The van der Waals surface area contributed by atoms with Crippen LogP contribution >= 0.6 is 0 Å². The van der Waals surface area contributed by atoms with E-state index in [4.69, 9.17) is 33.1 Å². The van der Waals surface area contributed by atoms with Crippen LogP contribution in [0.4, 0.5) is 5.82 Å². The molecular weight excluding hydrogens is 947 g/mol. The number of ether oxygens (including phenoxy) is 5. The van der Waals surface area contributed by atoms with E-state index in [0.717, 1.165) is 42.4 Å². The Morgan fingerprint density at radius 3 is 2.00 bits per heavy atom. The molecule has 0 spiro atoms. The van der Waals surface area contributed by atoms with E-state index in [1.807, 2.05) is 84.9 Å². The summed E-state index contributed by atoms with van der Waals surface area (Å²) in [6.45, 7) is 11.3. The first-order valence-electron chi connectivity index (χ1n) is 24.5. The van der Waals surface area contributed by atoms with Crippen molar-refractivity contribution in [2.45, 2.75) is 108 Å². The fraction of sp³-hybridized carbons (Fsp3) is 0.400. The molecule has 6 aromatic rings. The molecule has 18 heteroatoms. The van der Waals surface area contributed by atoms with E-state index in [-0.39, 0.29) is 42.1 Å². The third-order valence-electron chi connectivity index (χ3n) is 13.5. The predicted octanol–water partition coefficient (Wildman–Crippen LogP) is 9.10. The number of amides is 2. The Morgan fingerprint density at radius 2 is 1.38 bits per heavy atom. The van der Waals surface area contributed by atoms with Gasteiger partial charge in [-0.05, 0) is 84.1 Å². The summed E-state index contributed by atoms with van der Waals surface area (Å²) in [5.41, 5.74) is 2.17. The van der Waals surface area contributed by atoms with E-state index in [0.29, 0.717) is 41.3 Å². The van der Waals surface area contributed by atoms with Gasteiger partial charge in [-0.2, -0.15) is 0 Å². The van der Waals surface area contributed by atoms with Crippen LogP contribution in [0, 0.1) is 0 Å². The first-order valence-corrected chi connectivity index (χ1v) is 27.5. The number of imidazole rings is 1. The maximum absolute atomic E-state index is 14.2. The predicted molar refractivity (Wildman–Crippen MR) is 278 cm³/mol. The van der Waals surface area contributed by atoms with Crippen LogP contribution in [0.2, 0.25) is 18.1 Å². The summed E-state index contributed by atoms with van der Waals surface area (Å²) in [4.78, 5) is 68.4. The summed E-state index contributed by atoms with van der Waals surface area (Å²) in [7, 11) is 0.489. The second kappa shape index (κ2) is 24.6. The third-order valence-corrected chi connectivity index (χ3v) is 17.9. The first kappa shape index (κ1) is 53.7. The SMILES string of the molecule is COc1ccc(C(OC[C@H]2O[C@@H](n3cnc4c(NC(=O)c5ccccc5)ncnc43)[C@H](O[Si](C)(C)C(C)(C)C)[C@@H]2OC(=O)CCC(=O)NCCCCCCN=C=O)(c2ccccc2)c2ccc(OC)cc2)cc1. The average Bonchev–Trinajstić information content (AvgIpc) is 3.98. The van der Waals surface area contributed by atoms with Gasteiger partial charge in [0.25, 0.3) is 5.91 Å². The van der Waals surface area contributed by atoms with Gasteiger partial charge in [0.2, 0.25) is 12.0 Å². The molecule has 0 bridgehead atoms. The van der Waals surface area contributed by atoms with Crippen molar-refractivity contribution in [3.05, 3.63) is 144 Å². The number of esters is 1. The zero-order valence-corrected chi connectivity index (χ0v) is 43.5. The van der Waals surface area contributed by atoms with E-state index in [2.05, 4.69) is 59.5 Å². The number of aromatic nitrogens is 4. The van der Waals surface area contributed by atoms with Gasteiger partial charge in [0.15, 0.2) is 37.6 Å². The molecule has 0 saturated carbocycles. The van der Waals surface area contributed by atoms with Crippen molar-refractivity contribution in [3.8, 4) is 11.5 Å². The van der Waals surface area contributed by atoms with Gasteiger partial charge in [0.1, 0.15) is 35.6 Å². The summed E-state index contributed by atoms with van der Waals surface area (Å²) < 4.78 is 41.2. The Morgan fingerprint density at radius 1 is 0.767 bits per heavy atom. The molecule has 4 aromatic carbocycles. The molecule has 0 radical (unpaired) electrons. The Kier molecular flexibility index (Phi) is 18.1. The number of carbonyl (C=O) groups is 3. The summed E-state index contributed by atoms with van der Waals surface area (Å²) in [5.74, 6) is 0.213. The second-order valence-corrected chi connectivity index (χ2v) is 24.0. The Hall–Kier alpha value is -7.08. The Labute approximate surface area is 427 Å². The minimum absolute atomic E-state index is 0.106. The topological polar surface area (TPSA) is 204 Å². The van der Waals surface area contributed by atoms with Crippen LogP contribution in [0.15, 0.2) is 127 Å². The number of anilines is 1. The number of nitrogens with zero attached hydrogens (tertiary/aromatic N) is 5. The van der Waals surface area contributed by atoms with E-state index < -0.39 is 44.4 Å². The van der Waals surface area contributed by atoms with Gasteiger partial charge in [-0.25, -0.2) is 24.7 Å². The van der Waals surface area contributed by atoms with Gasteiger partial charge in [0, 0.05) is 18.5 Å². The lowest BCUT2D eigenvalue weighted by atomic mass is 9.80. The van der Waals surface area contributed by atoms with Crippen LogP contribution in [0.25, 0.3) is 11.2 Å². The highest BCUT2D eigenvalue weighted by molar-refractivity contribution is 6.74. The minimum Gasteiger partial charge on any atom is -0.497 e. The van der Waals surface area contributed by atoms with Crippen LogP contribution in [-0.2, 0) is 38.6 Å². The number of hydrogen-bond donors (Lipinski definition) is 2. The maximum Gasteiger partial charge on any atom is 0.306 e. The summed E-state index contributed by atoms with van der Waals surface area (Å²) in [6.07, 6.45) is 3.32. The van der Waals surface area contributed by atoms with Crippen LogP contribution in [0.3, 0.4) is 0 Å². The maximum atomic E-state index is 14.2. The smallest absolute Gasteiger partial charge is 0.306 e. The number of benzene rings is 4. The molecule has 73 heavy (non-hydrogen) atoms. The second-order valence-electron chi connectivity index (χ2n) is 19.3. The van der Waals surface area contributed by atoms with E-state index in [1.54, 1.807) is 55.5 Å². The monoisotopic (exact) mass is 1010 g/mol. The van der Waals surface area contributed by atoms with Crippen LogP contribution < -0.4 is 20.1 Å². The third kappa shape index (κ3) is 12.9. The fourth-order valence-electron chi connectivity index (χ4n) is 8.49. The average molecular weight is 1010 g/mol. The zero-order valence-electron chi connectivity index (χ0n) is 42.5. The molecule has 7 rings (SSSR count). The van der Waals surface area contributed by atoms with Crippen LogP contribution in [0.1, 0.15) is 92.6 Å². The molecule has 0 unspecified atom stereocenters. The van der Waals surface area contributed by atoms with Gasteiger partial charge in [0.05, 0.1) is 40.1 Å². The molecule has 1 aliphatic heterocycles. The Balaban J connectivity index is 1.27. The first-order chi connectivity index (χ1) is 35.2. The summed E-state index contributed by atoms with van der Waals surface area (Å²) >= 11 is 0. The van der Waals surface area contributed by atoms with E-state index in [9.17, 15) is 19.2 Å². The normalized spacial score (nSPS) is 16.9. The number of isocyanates is 1. The molecule has 1 fully saturated rings. The van der Waals surface area contributed by atoms with Crippen molar-refractivity contribution in [1.82, 2.24) is 24.8 Å². The van der Waals surface area contributed by atoms with Gasteiger partial charge in [-0.3, -0.25) is 19.0 Å². The van der Waals surface area contributed by atoms with Crippen LogP contribution in [0.5, 0.6) is 11.5 Å². The molecule has 1 aliphatic rings. The van der Waals surface area contributed by atoms with Crippen molar-refractivity contribution >= 4 is 49.2 Å². The highest BCUT2D eigenvalue weighted by Crippen LogP contribution is 2.46. The largest absolute Gasteiger partial charge is 0.497 e. The van der Waals surface area contributed by atoms with Gasteiger partial charge in [-0.1, -0.05) is 106 Å². The molecule has 3 heterocycles. The number of hydrogen-bond acceptors (Lipinski definition) is 14. The Bertz CT molecular complexity index is 2770. The molecule has 2 amide bonds. The lowest BCUT2D eigenvalue weighted by Crippen LogP contribution is -2.50.